The number of hydrogen-bond donors (Lipinski definition) is 1. The molecule has 0 aromatic heterocycles. The molecule has 0 aliphatic carbocycles. The molecule has 218 valence electrons. The van der Waals surface area contributed by atoms with Gasteiger partial charge in [-0.1, -0.05) is 108 Å². The van der Waals surface area contributed by atoms with Crippen LogP contribution in [0.25, 0.3) is 0 Å². The van der Waals surface area contributed by atoms with E-state index in [4.69, 9.17) is 16.3 Å². The minimum absolute atomic E-state index is 0.0305. The Morgan fingerprint density at radius 1 is 0.872 bits per heavy atom. The van der Waals surface area contributed by atoms with Gasteiger partial charge in [0.05, 0.1) is 22.3 Å². The van der Waals surface area contributed by atoms with Gasteiger partial charge in [0.25, 0.3) is 5.91 Å². The zero-order valence-corrected chi connectivity index (χ0v) is 24.5. The average molecular weight is 568 g/mol. The van der Waals surface area contributed by atoms with Gasteiger partial charge in [-0.2, -0.15) is 13.2 Å². The van der Waals surface area contributed by atoms with Crippen molar-refractivity contribution in [1.82, 2.24) is 0 Å². The van der Waals surface area contributed by atoms with Gasteiger partial charge in [0.15, 0.2) is 0 Å². The zero-order chi connectivity index (χ0) is 28.7. The van der Waals surface area contributed by atoms with Crippen LogP contribution in [-0.2, 0) is 12.6 Å². The van der Waals surface area contributed by atoms with Gasteiger partial charge in [0, 0.05) is 5.69 Å². The topological polar surface area (TPSA) is 38.3 Å². The lowest BCUT2D eigenvalue weighted by atomic mass is 9.98. The van der Waals surface area contributed by atoms with Crippen LogP contribution in [0.4, 0.5) is 18.9 Å². The molecule has 0 atom stereocenters. The zero-order valence-electron chi connectivity index (χ0n) is 23.8. The van der Waals surface area contributed by atoms with E-state index in [2.05, 4.69) is 12.2 Å². The average Bonchev–Trinajstić information content (AvgIpc) is 2.87. The van der Waals surface area contributed by atoms with Gasteiger partial charge in [-0.15, -0.1) is 0 Å². The number of alkyl halides is 3. The third-order valence-electron chi connectivity index (χ3n) is 6.78. The van der Waals surface area contributed by atoms with E-state index in [9.17, 15) is 18.0 Å². The summed E-state index contributed by atoms with van der Waals surface area (Å²) in [4.78, 5) is 13.3. The molecule has 0 unspecified atom stereocenters. The number of anilines is 1. The molecule has 39 heavy (non-hydrogen) atoms. The van der Waals surface area contributed by atoms with Gasteiger partial charge >= 0.3 is 6.18 Å². The van der Waals surface area contributed by atoms with E-state index in [1.165, 1.54) is 70.3 Å². The monoisotopic (exact) mass is 567 g/mol. The fourth-order valence-electron chi connectivity index (χ4n) is 4.74. The summed E-state index contributed by atoms with van der Waals surface area (Å²) in [5.41, 5.74) is 0.247. The largest absolute Gasteiger partial charge is 0.490 e. The molecule has 3 nitrogen and oxygen atoms in total. The van der Waals surface area contributed by atoms with Crippen LogP contribution in [-0.4, -0.2) is 12.0 Å². The second-order valence-electron chi connectivity index (χ2n) is 10.6. The van der Waals surface area contributed by atoms with Crippen LogP contribution in [0.3, 0.4) is 0 Å². The van der Waals surface area contributed by atoms with Gasteiger partial charge in [-0.05, 0) is 56.5 Å². The number of hydrogen-bond acceptors (Lipinski definition) is 2. The molecular weight excluding hydrogens is 523 g/mol. The summed E-state index contributed by atoms with van der Waals surface area (Å²) in [5.74, 6) is -0.0638. The van der Waals surface area contributed by atoms with Crippen LogP contribution < -0.4 is 10.1 Å². The Morgan fingerprint density at radius 3 is 1.97 bits per heavy atom. The standard InChI is InChI=1S/C32H45ClF3NO2/c1-4-5-6-7-8-9-10-11-12-13-14-15-16-18-25-19-17-20-29(39-24(2)3)30(25)31(38)37-26-21-22-28(33)27(23-26)32(34,35)36/h17,19-24H,4-16,18H2,1-3H3,(H,37,38). The lowest BCUT2D eigenvalue weighted by molar-refractivity contribution is -0.137. The summed E-state index contributed by atoms with van der Waals surface area (Å²) >= 11 is 5.74. The fourth-order valence-corrected chi connectivity index (χ4v) is 4.97. The number of nitrogens with one attached hydrogen (secondary N) is 1. The molecule has 1 N–H and O–H groups in total. The number of rotatable bonds is 18. The molecule has 0 bridgehead atoms. The molecule has 0 heterocycles. The van der Waals surface area contributed by atoms with Crippen LogP contribution in [0, 0.1) is 0 Å². The highest BCUT2D eigenvalue weighted by Gasteiger charge is 2.33. The Hall–Kier alpha value is -2.21. The molecule has 0 radical (unpaired) electrons. The summed E-state index contributed by atoms with van der Waals surface area (Å²) in [7, 11) is 0. The number of amides is 1. The van der Waals surface area contributed by atoms with E-state index in [-0.39, 0.29) is 11.8 Å². The lowest BCUT2D eigenvalue weighted by Gasteiger charge is -2.18. The number of halogens is 4. The first-order valence-corrected chi connectivity index (χ1v) is 15.0. The van der Waals surface area contributed by atoms with Crippen molar-refractivity contribution >= 4 is 23.2 Å². The summed E-state index contributed by atoms with van der Waals surface area (Å²) in [6, 6.07) is 8.85. The van der Waals surface area contributed by atoms with Crippen LogP contribution in [0.15, 0.2) is 36.4 Å². The summed E-state index contributed by atoms with van der Waals surface area (Å²) in [6.07, 6.45) is 12.3. The predicted octanol–water partition coefficient (Wildman–Crippen LogP) is 11.0. The summed E-state index contributed by atoms with van der Waals surface area (Å²) in [5, 5.41) is 2.21. The van der Waals surface area contributed by atoms with Crippen LogP contribution in [0.2, 0.25) is 5.02 Å². The maximum absolute atomic E-state index is 13.3. The molecule has 0 aliphatic heterocycles. The normalized spacial score (nSPS) is 11.7. The SMILES string of the molecule is CCCCCCCCCCCCCCCc1cccc(OC(C)C)c1C(=O)Nc1ccc(Cl)c(C(F)(F)F)c1. The number of carbonyl (C=O) groups is 1. The number of aryl methyl sites for hydroxylation is 1. The van der Waals surface area contributed by atoms with Gasteiger partial charge in [-0.25, -0.2) is 0 Å². The minimum atomic E-state index is -4.62. The van der Waals surface area contributed by atoms with E-state index in [1.54, 1.807) is 6.07 Å². The predicted molar refractivity (Wildman–Crippen MR) is 156 cm³/mol. The molecular formula is C32H45ClF3NO2. The lowest BCUT2D eigenvalue weighted by Crippen LogP contribution is -2.18. The Morgan fingerprint density at radius 2 is 1.44 bits per heavy atom. The minimum Gasteiger partial charge on any atom is -0.490 e. The summed E-state index contributed by atoms with van der Waals surface area (Å²) in [6.45, 7) is 5.99. The Balaban J connectivity index is 1.92. The molecule has 0 fully saturated rings. The van der Waals surface area contributed by atoms with Gasteiger partial charge in [0.2, 0.25) is 0 Å². The number of benzene rings is 2. The van der Waals surface area contributed by atoms with E-state index in [1.807, 2.05) is 26.0 Å². The van der Waals surface area contributed by atoms with E-state index in [0.29, 0.717) is 17.7 Å². The molecule has 0 saturated carbocycles. The van der Waals surface area contributed by atoms with Crippen molar-refractivity contribution in [1.29, 1.82) is 0 Å². The molecule has 0 spiro atoms. The maximum Gasteiger partial charge on any atom is 0.417 e. The second-order valence-corrected chi connectivity index (χ2v) is 11.0. The van der Waals surface area contributed by atoms with Crippen molar-refractivity contribution in [3.8, 4) is 5.75 Å². The third-order valence-corrected chi connectivity index (χ3v) is 7.11. The van der Waals surface area contributed by atoms with Crippen LogP contribution in [0.1, 0.15) is 126 Å². The highest BCUT2D eigenvalue weighted by atomic mass is 35.5. The molecule has 2 rings (SSSR count). The third kappa shape index (κ3) is 12.2. The van der Waals surface area contributed by atoms with Gasteiger partial charge in [-0.3, -0.25) is 4.79 Å². The molecule has 2 aromatic rings. The fraction of sp³-hybridized carbons (Fsp3) is 0.594. The van der Waals surface area contributed by atoms with E-state index < -0.39 is 22.7 Å². The first-order valence-electron chi connectivity index (χ1n) is 14.6. The summed E-state index contributed by atoms with van der Waals surface area (Å²) < 4.78 is 45.8. The Bertz CT molecular complexity index is 1010. The first-order chi connectivity index (χ1) is 18.6. The van der Waals surface area contributed by atoms with Crippen molar-refractivity contribution in [3.05, 3.63) is 58.1 Å². The van der Waals surface area contributed by atoms with Gasteiger partial charge < -0.3 is 10.1 Å². The molecule has 0 aliphatic rings. The number of ether oxygens (including phenoxy) is 1. The van der Waals surface area contributed by atoms with Crippen LogP contribution in [0.5, 0.6) is 5.75 Å². The molecule has 7 heteroatoms. The van der Waals surface area contributed by atoms with Crippen molar-refractivity contribution < 1.29 is 22.7 Å². The number of carbonyl (C=O) groups excluding carboxylic acids is 1. The maximum atomic E-state index is 13.3. The molecule has 0 saturated heterocycles. The Kier molecular flexibility index (Phi) is 14.8. The van der Waals surface area contributed by atoms with Crippen molar-refractivity contribution in [3.63, 3.8) is 0 Å². The second kappa shape index (κ2) is 17.5. The van der Waals surface area contributed by atoms with E-state index in [0.717, 1.165) is 37.0 Å². The first kappa shape index (κ1) is 33.0. The highest BCUT2D eigenvalue weighted by Crippen LogP contribution is 2.36. The molecule has 1 amide bonds. The smallest absolute Gasteiger partial charge is 0.417 e. The van der Waals surface area contributed by atoms with Crippen molar-refractivity contribution in [2.75, 3.05) is 5.32 Å². The van der Waals surface area contributed by atoms with Gasteiger partial charge in [0.1, 0.15) is 5.75 Å². The van der Waals surface area contributed by atoms with Crippen molar-refractivity contribution in [2.45, 2.75) is 123 Å². The Labute approximate surface area is 237 Å². The van der Waals surface area contributed by atoms with E-state index >= 15 is 0 Å². The number of unbranched alkanes of at least 4 members (excludes halogenated alkanes) is 12. The van der Waals surface area contributed by atoms with Crippen molar-refractivity contribution in [2.24, 2.45) is 0 Å². The highest BCUT2D eigenvalue weighted by molar-refractivity contribution is 6.31. The quantitative estimate of drug-likeness (QED) is 0.182. The van der Waals surface area contributed by atoms with Crippen LogP contribution >= 0.6 is 11.6 Å². The molecule has 2 aromatic carbocycles.